The van der Waals surface area contributed by atoms with E-state index in [2.05, 4.69) is 46.8 Å². The number of benzene rings is 2. The first-order chi connectivity index (χ1) is 13.9. The van der Waals surface area contributed by atoms with Crippen LogP contribution >= 0.6 is 11.3 Å². The average Bonchev–Trinajstić information content (AvgIpc) is 3.13. The number of aryl methyl sites for hydroxylation is 1. The summed E-state index contributed by atoms with van der Waals surface area (Å²) in [6, 6.07) is 12.9. The van der Waals surface area contributed by atoms with Crippen molar-refractivity contribution >= 4 is 28.2 Å². The van der Waals surface area contributed by atoms with Gasteiger partial charge >= 0.3 is 6.03 Å². The third-order valence-corrected chi connectivity index (χ3v) is 4.97. The van der Waals surface area contributed by atoms with Gasteiger partial charge in [0.2, 0.25) is 5.13 Å². The number of anilines is 2. The van der Waals surface area contributed by atoms with Crippen LogP contribution < -0.4 is 20.1 Å². The fraction of sp³-hybridized carbons (Fsp3) is 0.286. The molecule has 0 radical (unpaired) electrons. The van der Waals surface area contributed by atoms with E-state index in [1.165, 1.54) is 11.3 Å². The van der Waals surface area contributed by atoms with Crippen molar-refractivity contribution in [3.63, 3.8) is 0 Å². The summed E-state index contributed by atoms with van der Waals surface area (Å²) in [5.41, 5.74) is 2.91. The minimum absolute atomic E-state index is 0.292. The standard InChI is InChI=1S/C21H24N4O3S/c1-13(2)17-9-8-14(3)10-18(17)28-12-19-24-25-21(29-19)23-20(26)22-15-6-5-7-16(11-15)27-4/h5-11,13H,12H2,1-4H3,(H2,22,23,25,26). The Labute approximate surface area is 174 Å². The van der Waals surface area contributed by atoms with Crippen molar-refractivity contribution in [2.45, 2.75) is 33.3 Å². The highest BCUT2D eigenvalue weighted by Crippen LogP contribution is 2.28. The lowest BCUT2D eigenvalue weighted by molar-refractivity contribution is 0.262. The van der Waals surface area contributed by atoms with E-state index >= 15 is 0 Å². The molecule has 2 amide bonds. The number of carbonyl (C=O) groups is 1. The van der Waals surface area contributed by atoms with Crippen molar-refractivity contribution in [1.29, 1.82) is 0 Å². The molecule has 7 nitrogen and oxygen atoms in total. The number of amides is 2. The fourth-order valence-electron chi connectivity index (χ4n) is 2.71. The summed E-state index contributed by atoms with van der Waals surface area (Å²) in [5, 5.41) is 14.6. The molecule has 0 saturated carbocycles. The summed E-state index contributed by atoms with van der Waals surface area (Å²) in [6.45, 7) is 6.59. The van der Waals surface area contributed by atoms with E-state index in [0.29, 0.717) is 34.1 Å². The van der Waals surface area contributed by atoms with Gasteiger partial charge in [0.1, 0.15) is 18.1 Å². The molecule has 2 N–H and O–H groups in total. The molecule has 0 aliphatic carbocycles. The van der Waals surface area contributed by atoms with Gasteiger partial charge in [-0.25, -0.2) is 4.79 Å². The quantitative estimate of drug-likeness (QED) is 0.557. The van der Waals surface area contributed by atoms with E-state index in [0.717, 1.165) is 16.9 Å². The van der Waals surface area contributed by atoms with Crippen molar-refractivity contribution < 1.29 is 14.3 Å². The molecular weight excluding hydrogens is 388 g/mol. The minimum atomic E-state index is -0.400. The lowest BCUT2D eigenvalue weighted by atomic mass is 10.0. The number of hydrogen-bond acceptors (Lipinski definition) is 6. The molecule has 1 aromatic heterocycles. The van der Waals surface area contributed by atoms with Gasteiger partial charge in [-0.15, -0.1) is 10.2 Å². The molecule has 0 bridgehead atoms. The Hall–Kier alpha value is -3.13. The maximum absolute atomic E-state index is 12.2. The summed E-state index contributed by atoms with van der Waals surface area (Å²) < 4.78 is 11.1. The largest absolute Gasteiger partial charge is 0.497 e. The summed E-state index contributed by atoms with van der Waals surface area (Å²) in [6.07, 6.45) is 0. The van der Waals surface area contributed by atoms with E-state index in [1.807, 2.05) is 13.0 Å². The van der Waals surface area contributed by atoms with Gasteiger partial charge in [-0.3, -0.25) is 5.32 Å². The van der Waals surface area contributed by atoms with E-state index in [-0.39, 0.29) is 0 Å². The molecule has 0 fully saturated rings. The number of nitrogens with one attached hydrogen (secondary N) is 2. The van der Waals surface area contributed by atoms with Gasteiger partial charge in [0.25, 0.3) is 0 Å². The van der Waals surface area contributed by atoms with Gasteiger partial charge in [0, 0.05) is 11.8 Å². The maximum Gasteiger partial charge on any atom is 0.325 e. The number of urea groups is 1. The molecule has 152 valence electrons. The predicted octanol–water partition coefficient (Wildman–Crippen LogP) is 5.20. The molecule has 3 rings (SSSR count). The number of aromatic nitrogens is 2. The highest BCUT2D eigenvalue weighted by atomic mass is 32.1. The summed E-state index contributed by atoms with van der Waals surface area (Å²) >= 11 is 1.27. The third-order valence-electron chi connectivity index (χ3n) is 4.16. The first-order valence-electron chi connectivity index (χ1n) is 9.22. The van der Waals surface area contributed by atoms with E-state index in [1.54, 1.807) is 31.4 Å². The van der Waals surface area contributed by atoms with Crippen LogP contribution in [0.1, 0.15) is 35.9 Å². The Morgan fingerprint density at radius 1 is 1.14 bits per heavy atom. The number of rotatable bonds is 7. The van der Waals surface area contributed by atoms with Gasteiger partial charge < -0.3 is 14.8 Å². The number of ether oxygens (including phenoxy) is 2. The van der Waals surface area contributed by atoms with E-state index in [4.69, 9.17) is 9.47 Å². The number of nitrogens with zero attached hydrogens (tertiary/aromatic N) is 2. The van der Waals surface area contributed by atoms with Crippen molar-refractivity contribution in [2.24, 2.45) is 0 Å². The van der Waals surface area contributed by atoms with Crippen LogP contribution in [-0.4, -0.2) is 23.3 Å². The van der Waals surface area contributed by atoms with Crippen LogP contribution in [0.25, 0.3) is 0 Å². The molecule has 29 heavy (non-hydrogen) atoms. The zero-order valence-corrected chi connectivity index (χ0v) is 17.7. The van der Waals surface area contributed by atoms with Gasteiger partial charge in [-0.2, -0.15) is 0 Å². The lowest BCUT2D eigenvalue weighted by Crippen LogP contribution is -2.19. The van der Waals surface area contributed by atoms with Crippen molar-refractivity contribution in [1.82, 2.24) is 10.2 Å². The van der Waals surface area contributed by atoms with Gasteiger partial charge in [-0.1, -0.05) is 43.4 Å². The molecule has 0 aliphatic rings. The smallest absolute Gasteiger partial charge is 0.325 e. The van der Waals surface area contributed by atoms with Gasteiger partial charge in [0.05, 0.1) is 7.11 Å². The SMILES string of the molecule is COc1cccc(NC(=O)Nc2nnc(COc3cc(C)ccc3C(C)C)s2)c1. The molecule has 1 heterocycles. The van der Waals surface area contributed by atoms with Crippen LogP contribution in [0, 0.1) is 6.92 Å². The zero-order chi connectivity index (χ0) is 20.8. The molecule has 0 unspecified atom stereocenters. The molecule has 0 spiro atoms. The Bertz CT molecular complexity index is 988. The van der Waals surface area contributed by atoms with Gasteiger partial charge in [-0.05, 0) is 42.2 Å². The summed E-state index contributed by atoms with van der Waals surface area (Å²) in [7, 11) is 1.57. The predicted molar refractivity (Wildman–Crippen MR) is 115 cm³/mol. The Morgan fingerprint density at radius 3 is 2.72 bits per heavy atom. The summed E-state index contributed by atoms with van der Waals surface area (Å²) in [4.78, 5) is 12.2. The Balaban J connectivity index is 1.58. The topological polar surface area (TPSA) is 85.4 Å². The van der Waals surface area contributed by atoms with Crippen molar-refractivity contribution in [3.05, 3.63) is 58.6 Å². The molecule has 0 saturated heterocycles. The van der Waals surface area contributed by atoms with Gasteiger partial charge in [0.15, 0.2) is 5.01 Å². The zero-order valence-electron chi connectivity index (χ0n) is 16.9. The second-order valence-electron chi connectivity index (χ2n) is 6.80. The molecule has 8 heteroatoms. The van der Waals surface area contributed by atoms with Crippen LogP contribution in [0.3, 0.4) is 0 Å². The van der Waals surface area contributed by atoms with Crippen LogP contribution in [0.5, 0.6) is 11.5 Å². The van der Waals surface area contributed by atoms with Crippen LogP contribution in [0.4, 0.5) is 15.6 Å². The van der Waals surface area contributed by atoms with E-state index in [9.17, 15) is 4.79 Å². The van der Waals surface area contributed by atoms with E-state index < -0.39 is 6.03 Å². The number of carbonyl (C=O) groups excluding carboxylic acids is 1. The second-order valence-corrected chi connectivity index (χ2v) is 7.86. The molecule has 2 aromatic carbocycles. The first kappa shape index (κ1) is 20.6. The third kappa shape index (κ3) is 5.68. The minimum Gasteiger partial charge on any atom is -0.497 e. The molecular formula is C21H24N4O3S. The molecule has 3 aromatic rings. The molecule has 0 atom stereocenters. The highest BCUT2D eigenvalue weighted by Gasteiger charge is 2.12. The van der Waals surface area contributed by atoms with Crippen LogP contribution in [0.15, 0.2) is 42.5 Å². The van der Waals surface area contributed by atoms with Crippen molar-refractivity contribution in [2.75, 3.05) is 17.7 Å². The van der Waals surface area contributed by atoms with Crippen molar-refractivity contribution in [3.8, 4) is 11.5 Å². The van der Waals surface area contributed by atoms with Crippen LogP contribution in [-0.2, 0) is 6.61 Å². The Morgan fingerprint density at radius 2 is 1.97 bits per heavy atom. The normalized spacial score (nSPS) is 10.7. The van der Waals surface area contributed by atoms with Crippen LogP contribution in [0.2, 0.25) is 0 Å². The second kappa shape index (κ2) is 9.38. The highest BCUT2D eigenvalue weighted by molar-refractivity contribution is 7.15. The average molecular weight is 413 g/mol. The fourth-order valence-corrected chi connectivity index (χ4v) is 3.35. The number of hydrogen-bond donors (Lipinski definition) is 2. The lowest BCUT2D eigenvalue weighted by Gasteiger charge is -2.13. The molecule has 0 aliphatic heterocycles. The monoisotopic (exact) mass is 412 g/mol. The maximum atomic E-state index is 12.2. The first-order valence-corrected chi connectivity index (χ1v) is 10.0. The number of methoxy groups -OCH3 is 1. The Kier molecular flexibility index (Phi) is 6.66. The summed E-state index contributed by atoms with van der Waals surface area (Å²) in [5.74, 6) is 1.87.